The average molecular weight is 340 g/mol. The topological polar surface area (TPSA) is 84.3 Å². The minimum absolute atomic E-state index is 0.0642. The van der Waals surface area contributed by atoms with Crippen molar-refractivity contribution >= 4 is 16.8 Å². The molecular weight excluding hydrogens is 320 g/mol. The molecule has 25 heavy (non-hydrogen) atoms. The number of nitrogens with zero attached hydrogens (tertiary/aromatic N) is 3. The number of benzene rings is 1. The van der Waals surface area contributed by atoms with Crippen molar-refractivity contribution in [1.82, 2.24) is 20.1 Å². The van der Waals surface area contributed by atoms with E-state index in [1.54, 1.807) is 4.90 Å². The van der Waals surface area contributed by atoms with E-state index in [2.05, 4.69) is 15.2 Å². The highest BCUT2D eigenvalue weighted by Crippen LogP contribution is 2.28. The molecule has 0 radical (unpaired) electrons. The predicted octanol–water partition coefficient (Wildman–Crippen LogP) is 2.89. The molecule has 3 aromatic rings. The van der Waals surface area contributed by atoms with Gasteiger partial charge in [-0.2, -0.15) is 0 Å². The Balaban J connectivity index is 1.68. The highest BCUT2D eigenvalue weighted by atomic mass is 16.5. The second-order valence-corrected chi connectivity index (χ2v) is 6.47. The molecule has 0 spiro atoms. The van der Waals surface area contributed by atoms with Gasteiger partial charge in [0.05, 0.1) is 24.3 Å². The van der Waals surface area contributed by atoms with Crippen LogP contribution in [0.5, 0.6) is 0 Å². The number of amides is 1. The van der Waals surface area contributed by atoms with Gasteiger partial charge in [-0.25, -0.2) is 0 Å². The fourth-order valence-electron chi connectivity index (χ4n) is 3.08. The first-order chi connectivity index (χ1) is 12.1. The Hall–Kier alpha value is -2.67. The molecule has 0 aliphatic carbocycles. The maximum atomic E-state index is 13.2. The summed E-state index contributed by atoms with van der Waals surface area (Å²) >= 11 is 0. The van der Waals surface area contributed by atoms with Crippen molar-refractivity contribution in [3.05, 3.63) is 47.8 Å². The van der Waals surface area contributed by atoms with E-state index < -0.39 is 0 Å². The fourth-order valence-corrected chi connectivity index (χ4v) is 3.08. The summed E-state index contributed by atoms with van der Waals surface area (Å²) in [5.74, 6) is 1.07. The van der Waals surface area contributed by atoms with Crippen molar-refractivity contribution in [3.63, 3.8) is 0 Å². The second-order valence-electron chi connectivity index (χ2n) is 6.47. The Bertz CT molecular complexity index is 899. The number of hydrogen-bond donors (Lipinski definition) is 1. The van der Waals surface area contributed by atoms with Crippen LogP contribution in [0.2, 0.25) is 0 Å². The third-order valence-electron chi connectivity index (χ3n) is 4.44. The minimum atomic E-state index is -0.369. The summed E-state index contributed by atoms with van der Waals surface area (Å²) in [4.78, 5) is 18.1. The highest BCUT2D eigenvalue weighted by Gasteiger charge is 2.34. The van der Waals surface area contributed by atoms with Crippen LogP contribution in [0.3, 0.4) is 0 Å². The zero-order valence-corrected chi connectivity index (χ0v) is 14.2. The smallest absolute Gasteiger partial charge is 0.256 e. The number of nitrogens with one attached hydrogen (secondary N) is 1. The molecule has 1 aliphatic heterocycles. The molecule has 3 heterocycles. The molecule has 0 saturated carbocycles. The number of hydrogen-bond acceptors (Lipinski definition) is 5. The molecule has 130 valence electrons. The number of rotatable bonds is 3. The summed E-state index contributed by atoms with van der Waals surface area (Å²) in [5, 5.41) is 9.23. The van der Waals surface area contributed by atoms with Crippen LogP contribution in [0.25, 0.3) is 10.9 Å². The van der Waals surface area contributed by atoms with Gasteiger partial charge in [0.2, 0.25) is 11.8 Å². The standard InChI is InChI=1S/C18H20N4O3/c1-11(2)16-20-21-17(25-16)14-10-24-9-8-22(14)18(23)13-5-3-4-12-6-7-19-15(12)13/h3-7,11,14,19H,8-10H2,1-2H3/t14-/m0/s1. The number of carbonyl (C=O) groups is 1. The van der Waals surface area contributed by atoms with Crippen LogP contribution >= 0.6 is 0 Å². The van der Waals surface area contributed by atoms with Gasteiger partial charge >= 0.3 is 0 Å². The zero-order valence-electron chi connectivity index (χ0n) is 14.2. The summed E-state index contributed by atoms with van der Waals surface area (Å²) in [6.45, 7) is 5.31. The van der Waals surface area contributed by atoms with Gasteiger partial charge in [0, 0.05) is 24.0 Å². The van der Waals surface area contributed by atoms with E-state index in [-0.39, 0.29) is 17.9 Å². The van der Waals surface area contributed by atoms with Crippen molar-refractivity contribution in [1.29, 1.82) is 0 Å². The van der Waals surface area contributed by atoms with Crippen LogP contribution in [0, 0.1) is 0 Å². The number of para-hydroxylation sites is 1. The quantitative estimate of drug-likeness (QED) is 0.792. The van der Waals surface area contributed by atoms with E-state index in [9.17, 15) is 4.79 Å². The first kappa shape index (κ1) is 15.8. The predicted molar refractivity (Wildman–Crippen MR) is 91.3 cm³/mol. The van der Waals surface area contributed by atoms with Gasteiger partial charge in [0.15, 0.2) is 0 Å². The van der Waals surface area contributed by atoms with Crippen molar-refractivity contribution in [2.24, 2.45) is 0 Å². The van der Waals surface area contributed by atoms with Crippen molar-refractivity contribution in [2.75, 3.05) is 19.8 Å². The molecule has 1 fully saturated rings. The number of aromatic nitrogens is 3. The molecule has 1 aliphatic rings. The number of fused-ring (bicyclic) bond motifs is 1. The van der Waals surface area contributed by atoms with Crippen LogP contribution in [0.15, 0.2) is 34.9 Å². The third kappa shape index (κ3) is 2.80. The lowest BCUT2D eigenvalue weighted by atomic mass is 10.1. The molecule has 0 bridgehead atoms. The normalized spacial score (nSPS) is 18.2. The average Bonchev–Trinajstić information content (AvgIpc) is 3.30. The number of H-pyrrole nitrogens is 1. The highest BCUT2D eigenvalue weighted by molar-refractivity contribution is 6.05. The number of aromatic amines is 1. The van der Waals surface area contributed by atoms with Gasteiger partial charge in [-0.3, -0.25) is 4.79 Å². The number of ether oxygens (including phenoxy) is 1. The molecule has 1 N–H and O–H groups in total. The van der Waals surface area contributed by atoms with Crippen molar-refractivity contribution in [2.45, 2.75) is 25.8 Å². The maximum absolute atomic E-state index is 13.2. The minimum Gasteiger partial charge on any atom is -0.423 e. The van der Waals surface area contributed by atoms with Crippen LogP contribution in [0.4, 0.5) is 0 Å². The summed E-state index contributed by atoms with van der Waals surface area (Å²) < 4.78 is 11.3. The molecule has 7 nitrogen and oxygen atoms in total. The van der Waals surface area contributed by atoms with Crippen LogP contribution in [-0.4, -0.2) is 45.7 Å². The molecule has 2 aromatic heterocycles. The first-order valence-corrected chi connectivity index (χ1v) is 8.43. The number of carbonyl (C=O) groups excluding carboxylic acids is 1. The van der Waals surface area contributed by atoms with E-state index in [1.165, 1.54) is 0 Å². The monoisotopic (exact) mass is 340 g/mol. The molecule has 1 atom stereocenters. The third-order valence-corrected chi connectivity index (χ3v) is 4.44. The molecule has 1 saturated heterocycles. The molecule has 4 rings (SSSR count). The summed E-state index contributed by atoms with van der Waals surface area (Å²) in [7, 11) is 0. The molecule has 1 amide bonds. The molecule has 0 unspecified atom stereocenters. The first-order valence-electron chi connectivity index (χ1n) is 8.43. The molecule has 7 heteroatoms. The maximum Gasteiger partial charge on any atom is 0.256 e. The Morgan fingerprint density at radius 3 is 3.00 bits per heavy atom. The van der Waals surface area contributed by atoms with E-state index in [1.807, 2.05) is 44.3 Å². The summed E-state index contributed by atoms with van der Waals surface area (Å²) in [6, 6.07) is 7.29. The molecular formula is C18H20N4O3. The van der Waals surface area contributed by atoms with E-state index in [0.717, 1.165) is 10.9 Å². The lowest BCUT2D eigenvalue weighted by Crippen LogP contribution is -2.43. The summed E-state index contributed by atoms with van der Waals surface area (Å²) in [6.07, 6.45) is 1.84. The Morgan fingerprint density at radius 2 is 2.20 bits per heavy atom. The second kappa shape index (κ2) is 6.33. The van der Waals surface area contributed by atoms with Gasteiger partial charge in [0.25, 0.3) is 5.91 Å². The van der Waals surface area contributed by atoms with Crippen LogP contribution in [0.1, 0.15) is 47.9 Å². The lowest BCUT2D eigenvalue weighted by Gasteiger charge is -2.33. The Kier molecular flexibility index (Phi) is 4.01. The fraction of sp³-hybridized carbons (Fsp3) is 0.389. The number of morpholine rings is 1. The van der Waals surface area contributed by atoms with E-state index >= 15 is 0 Å². The Labute approximate surface area is 145 Å². The summed E-state index contributed by atoms with van der Waals surface area (Å²) in [5.41, 5.74) is 1.48. The van der Waals surface area contributed by atoms with Crippen LogP contribution in [-0.2, 0) is 4.74 Å². The van der Waals surface area contributed by atoms with Gasteiger partial charge < -0.3 is 19.0 Å². The Morgan fingerprint density at radius 1 is 1.32 bits per heavy atom. The van der Waals surface area contributed by atoms with Gasteiger partial charge in [-0.05, 0) is 12.1 Å². The SMILES string of the molecule is CC(C)c1nnc([C@@H]2COCCN2C(=O)c2cccc3cc[nH]c23)o1. The van der Waals surface area contributed by atoms with Gasteiger partial charge in [-0.1, -0.05) is 26.0 Å². The lowest BCUT2D eigenvalue weighted by molar-refractivity contribution is -0.0106. The zero-order chi connectivity index (χ0) is 17.4. The van der Waals surface area contributed by atoms with E-state index in [4.69, 9.17) is 9.15 Å². The molecule has 1 aromatic carbocycles. The van der Waals surface area contributed by atoms with E-state index in [0.29, 0.717) is 37.1 Å². The van der Waals surface area contributed by atoms with Crippen molar-refractivity contribution in [3.8, 4) is 0 Å². The van der Waals surface area contributed by atoms with Gasteiger partial charge in [0.1, 0.15) is 6.04 Å². The van der Waals surface area contributed by atoms with Crippen molar-refractivity contribution < 1.29 is 13.9 Å². The largest absolute Gasteiger partial charge is 0.423 e. The van der Waals surface area contributed by atoms with Crippen LogP contribution < -0.4 is 0 Å². The van der Waals surface area contributed by atoms with Gasteiger partial charge in [-0.15, -0.1) is 10.2 Å².